The summed E-state index contributed by atoms with van der Waals surface area (Å²) >= 11 is 0. The zero-order valence-electron chi connectivity index (χ0n) is 19.7. The van der Waals surface area contributed by atoms with Gasteiger partial charge in [-0.1, -0.05) is 18.2 Å². The number of imidazole rings is 1. The molecule has 0 unspecified atom stereocenters. The minimum atomic E-state index is -3.81. The first kappa shape index (κ1) is 24.9. The molecule has 0 saturated heterocycles. The third-order valence-electron chi connectivity index (χ3n) is 5.84. The topological polar surface area (TPSA) is 90.7 Å². The summed E-state index contributed by atoms with van der Waals surface area (Å²) < 4.78 is 52.4. The fourth-order valence-corrected chi connectivity index (χ4v) is 5.45. The van der Waals surface area contributed by atoms with Crippen LogP contribution >= 0.6 is 0 Å². The Balaban J connectivity index is 1.64. The van der Waals surface area contributed by atoms with Crippen LogP contribution in [0.1, 0.15) is 34.5 Å². The van der Waals surface area contributed by atoms with Crippen LogP contribution in [-0.2, 0) is 33.4 Å². The quantitative estimate of drug-likeness (QED) is 0.400. The van der Waals surface area contributed by atoms with Crippen LogP contribution < -0.4 is 4.74 Å². The Morgan fingerprint density at radius 2 is 1.94 bits per heavy atom. The summed E-state index contributed by atoms with van der Waals surface area (Å²) in [6.07, 6.45) is 3.17. The van der Waals surface area contributed by atoms with E-state index in [2.05, 4.69) is 4.98 Å². The van der Waals surface area contributed by atoms with E-state index in [4.69, 9.17) is 9.47 Å². The summed E-state index contributed by atoms with van der Waals surface area (Å²) in [7, 11) is -0.755. The number of aromatic nitrogens is 2. The number of benzene rings is 2. The molecule has 2 aromatic carbocycles. The second kappa shape index (κ2) is 10.6. The van der Waals surface area contributed by atoms with Gasteiger partial charge in [0.1, 0.15) is 11.6 Å². The molecule has 1 saturated carbocycles. The molecular weight excluding hydrogens is 473 g/mol. The van der Waals surface area contributed by atoms with Gasteiger partial charge in [0.2, 0.25) is 15.0 Å². The monoisotopic (exact) mass is 501 g/mol. The Morgan fingerprint density at radius 3 is 2.63 bits per heavy atom. The lowest BCUT2D eigenvalue weighted by molar-refractivity contribution is 0.0724. The summed E-state index contributed by atoms with van der Waals surface area (Å²) in [5, 5.41) is -0.0821. The third-order valence-corrected chi connectivity index (χ3v) is 7.44. The number of halogens is 1. The number of hydrogen-bond acceptors (Lipinski definition) is 6. The summed E-state index contributed by atoms with van der Waals surface area (Å²) in [4.78, 5) is 19.1. The third kappa shape index (κ3) is 5.88. The van der Waals surface area contributed by atoms with Crippen LogP contribution in [0.4, 0.5) is 4.39 Å². The lowest BCUT2D eigenvalue weighted by Crippen LogP contribution is -2.33. The predicted octanol–water partition coefficient (Wildman–Crippen LogP) is 3.46. The van der Waals surface area contributed by atoms with E-state index in [0.717, 1.165) is 12.8 Å². The van der Waals surface area contributed by atoms with Crippen LogP contribution in [-0.4, -0.2) is 55.6 Å². The highest BCUT2D eigenvalue weighted by atomic mass is 32.2. The van der Waals surface area contributed by atoms with Crippen molar-refractivity contribution < 1.29 is 27.1 Å². The second-order valence-electron chi connectivity index (χ2n) is 8.46. The SMILES string of the molecule is COCCn1c(CN(C(=O)c2cccc(F)c2)C2CC2)cnc1S(=O)(=O)Cc1cccc(OC)c1. The van der Waals surface area contributed by atoms with E-state index < -0.39 is 15.7 Å². The van der Waals surface area contributed by atoms with Gasteiger partial charge in [0, 0.05) is 25.3 Å². The maximum Gasteiger partial charge on any atom is 0.254 e. The molecule has 1 heterocycles. The van der Waals surface area contributed by atoms with Crippen molar-refractivity contribution in [3.8, 4) is 5.75 Å². The summed E-state index contributed by atoms with van der Waals surface area (Å²) in [5.74, 6) is -0.464. The largest absolute Gasteiger partial charge is 0.497 e. The van der Waals surface area contributed by atoms with Crippen molar-refractivity contribution in [1.82, 2.24) is 14.5 Å². The maximum atomic E-state index is 13.7. The fourth-order valence-electron chi connectivity index (χ4n) is 3.95. The zero-order valence-corrected chi connectivity index (χ0v) is 20.5. The number of methoxy groups -OCH3 is 2. The Kier molecular flexibility index (Phi) is 7.51. The molecular formula is C25H28FN3O5S. The van der Waals surface area contributed by atoms with Crippen LogP contribution in [0.25, 0.3) is 0 Å². The van der Waals surface area contributed by atoms with Gasteiger partial charge < -0.3 is 18.9 Å². The molecule has 1 fully saturated rings. The molecule has 35 heavy (non-hydrogen) atoms. The highest BCUT2D eigenvalue weighted by Crippen LogP contribution is 2.31. The van der Waals surface area contributed by atoms with Crippen LogP contribution in [0, 0.1) is 5.82 Å². The maximum absolute atomic E-state index is 13.7. The molecule has 186 valence electrons. The van der Waals surface area contributed by atoms with Gasteiger partial charge in [-0.15, -0.1) is 0 Å². The second-order valence-corrected chi connectivity index (χ2v) is 10.3. The molecule has 0 N–H and O–H groups in total. The number of carbonyl (C=O) groups excluding carboxylic acids is 1. The van der Waals surface area contributed by atoms with E-state index in [1.54, 1.807) is 39.8 Å². The van der Waals surface area contributed by atoms with Crippen molar-refractivity contribution in [3.63, 3.8) is 0 Å². The van der Waals surface area contributed by atoms with Crippen molar-refractivity contribution in [1.29, 1.82) is 0 Å². The van der Waals surface area contributed by atoms with Crippen molar-refractivity contribution in [3.05, 3.63) is 77.4 Å². The molecule has 1 aliphatic rings. The van der Waals surface area contributed by atoms with Crippen LogP contribution in [0.2, 0.25) is 0 Å². The van der Waals surface area contributed by atoms with Crippen molar-refractivity contribution in [2.45, 2.75) is 42.9 Å². The number of ether oxygens (including phenoxy) is 2. The number of rotatable bonds is 11. The minimum absolute atomic E-state index is 0.0217. The Morgan fingerprint density at radius 1 is 1.17 bits per heavy atom. The average molecular weight is 502 g/mol. The highest BCUT2D eigenvalue weighted by Gasteiger charge is 2.35. The van der Waals surface area contributed by atoms with E-state index in [1.807, 2.05) is 0 Å². The lowest BCUT2D eigenvalue weighted by atomic mass is 10.2. The molecule has 1 aliphatic carbocycles. The van der Waals surface area contributed by atoms with Crippen LogP contribution in [0.15, 0.2) is 59.9 Å². The van der Waals surface area contributed by atoms with E-state index in [9.17, 15) is 17.6 Å². The normalized spacial score (nSPS) is 13.6. The number of hydrogen-bond donors (Lipinski definition) is 0. The first-order valence-electron chi connectivity index (χ1n) is 11.3. The van der Waals surface area contributed by atoms with Gasteiger partial charge in [-0.3, -0.25) is 4.79 Å². The Bertz CT molecular complexity index is 1300. The van der Waals surface area contributed by atoms with E-state index >= 15 is 0 Å². The van der Waals surface area contributed by atoms with E-state index in [1.165, 1.54) is 38.6 Å². The van der Waals surface area contributed by atoms with Crippen LogP contribution in [0.3, 0.4) is 0 Å². The number of amides is 1. The summed E-state index contributed by atoms with van der Waals surface area (Å²) in [6, 6.07) is 12.5. The first-order valence-corrected chi connectivity index (χ1v) is 12.9. The Hall–Kier alpha value is -3.24. The van der Waals surface area contributed by atoms with Gasteiger partial charge in [0.15, 0.2) is 0 Å². The molecule has 0 aliphatic heterocycles. The minimum Gasteiger partial charge on any atom is -0.497 e. The van der Waals surface area contributed by atoms with Crippen molar-refractivity contribution >= 4 is 15.7 Å². The number of sulfone groups is 1. The van der Waals surface area contributed by atoms with E-state index in [-0.39, 0.29) is 48.1 Å². The summed E-state index contributed by atoms with van der Waals surface area (Å²) in [6.45, 7) is 0.683. The molecule has 0 atom stereocenters. The molecule has 1 amide bonds. The summed E-state index contributed by atoms with van der Waals surface area (Å²) in [5.41, 5.74) is 1.40. The molecule has 10 heteroatoms. The smallest absolute Gasteiger partial charge is 0.254 e. The van der Waals surface area contributed by atoms with Gasteiger partial charge in [-0.2, -0.15) is 0 Å². The Labute approximate surface area is 204 Å². The molecule has 0 spiro atoms. The van der Waals surface area contributed by atoms with Crippen molar-refractivity contribution in [2.75, 3.05) is 20.8 Å². The van der Waals surface area contributed by atoms with Crippen LogP contribution in [0.5, 0.6) is 5.75 Å². The zero-order chi connectivity index (χ0) is 25.0. The van der Waals surface area contributed by atoms with E-state index in [0.29, 0.717) is 17.0 Å². The molecule has 0 radical (unpaired) electrons. The molecule has 1 aromatic heterocycles. The van der Waals surface area contributed by atoms with Crippen molar-refractivity contribution in [2.24, 2.45) is 0 Å². The standard InChI is InChI=1S/C25H28FN3O5S/c1-33-12-11-28-22(16-29(21-9-10-21)24(30)19-6-4-7-20(26)14-19)15-27-25(28)35(31,32)17-18-5-3-8-23(13-18)34-2/h3-8,13-15,21H,9-12,16-17H2,1-2H3. The van der Waals surface area contributed by atoms with Gasteiger partial charge >= 0.3 is 0 Å². The van der Waals surface area contributed by atoms with Gasteiger partial charge in [0.05, 0.1) is 37.9 Å². The first-order chi connectivity index (χ1) is 16.8. The lowest BCUT2D eigenvalue weighted by Gasteiger charge is -2.23. The molecule has 4 rings (SSSR count). The highest BCUT2D eigenvalue weighted by molar-refractivity contribution is 7.90. The molecule has 8 nitrogen and oxygen atoms in total. The molecule has 3 aromatic rings. The average Bonchev–Trinajstić information content (AvgIpc) is 3.60. The fraction of sp³-hybridized carbons (Fsp3) is 0.360. The predicted molar refractivity (Wildman–Crippen MR) is 127 cm³/mol. The van der Waals surface area contributed by atoms with Gasteiger partial charge in [-0.05, 0) is 48.7 Å². The van der Waals surface area contributed by atoms with Gasteiger partial charge in [-0.25, -0.2) is 17.8 Å². The number of nitrogens with zero attached hydrogens (tertiary/aromatic N) is 3. The van der Waals surface area contributed by atoms with Gasteiger partial charge in [0.25, 0.3) is 5.91 Å². The number of carbonyl (C=O) groups is 1. The molecule has 0 bridgehead atoms.